The van der Waals surface area contributed by atoms with Crippen molar-refractivity contribution in [2.45, 2.75) is 59.4 Å². The van der Waals surface area contributed by atoms with Crippen LogP contribution in [0, 0.1) is 11.8 Å². The van der Waals surface area contributed by atoms with Crippen LogP contribution < -0.4 is 0 Å². The van der Waals surface area contributed by atoms with Crippen LogP contribution in [-0.2, 0) is 23.2 Å². The number of carbonyl (C=O) groups excluding carboxylic acids is 2. The summed E-state index contributed by atoms with van der Waals surface area (Å²) < 4.78 is 2.05. The van der Waals surface area contributed by atoms with E-state index in [4.69, 9.17) is 0 Å². The summed E-state index contributed by atoms with van der Waals surface area (Å²) in [6.45, 7) is 8.58. The Balaban J connectivity index is 2.05. The van der Waals surface area contributed by atoms with E-state index in [2.05, 4.69) is 31.4 Å². The predicted octanol–water partition coefficient (Wildman–Crippen LogP) is 3.44. The maximum absolute atomic E-state index is 13.0. The van der Waals surface area contributed by atoms with Crippen LogP contribution in [-0.4, -0.2) is 45.8 Å². The van der Waals surface area contributed by atoms with Gasteiger partial charge in [0.25, 0.3) is 0 Å². The van der Waals surface area contributed by atoms with Crippen molar-refractivity contribution >= 4 is 11.8 Å². The predicted molar refractivity (Wildman–Crippen MR) is 104 cm³/mol. The molecule has 1 saturated carbocycles. The molecule has 1 fully saturated rings. The highest BCUT2D eigenvalue weighted by Gasteiger charge is 2.31. The molecule has 0 N–H and O–H groups in total. The van der Waals surface area contributed by atoms with E-state index in [1.807, 2.05) is 29.1 Å². The molecule has 2 rings (SSSR count). The Morgan fingerprint density at radius 3 is 2.50 bits per heavy atom. The first kappa shape index (κ1) is 20.5. The molecule has 146 valence electrons. The van der Waals surface area contributed by atoms with Crippen LogP contribution in [0.25, 0.3) is 0 Å². The maximum Gasteiger partial charge on any atom is 0.242 e. The number of hydrogen-bond acceptors (Lipinski definition) is 2. The molecule has 0 spiro atoms. The lowest BCUT2D eigenvalue weighted by atomic mass is 9.84. The van der Waals surface area contributed by atoms with E-state index >= 15 is 0 Å². The Kier molecular flexibility index (Phi) is 7.73. The van der Waals surface area contributed by atoms with Crippen molar-refractivity contribution in [3.63, 3.8) is 0 Å². The zero-order valence-electron chi connectivity index (χ0n) is 16.9. The van der Waals surface area contributed by atoms with Gasteiger partial charge in [-0.1, -0.05) is 33.6 Å². The second-order valence-corrected chi connectivity index (χ2v) is 8.02. The van der Waals surface area contributed by atoms with Crippen LogP contribution in [0.2, 0.25) is 0 Å². The topological polar surface area (TPSA) is 45.6 Å². The number of unbranched alkanes of at least 4 members (excludes halogenated alkanes) is 1. The Morgan fingerprint density at radius 1 is 1.27 bits per heavy atom. The molecular formula is C21H35N3O2. The average Bonchev–Trinajstić information content (AvgIpc) is 2.93. The molecule has 5 heteroatoms. The smallest absolute Gasteiger partial charge is 0.242 e. The largest absolute Gasteiger partial charge is 0.353 e. The summed E-state index contributed by atoms with van der Waals surface area (Å²) in [4.78, 5) is 29.5. The molecule has 0 saturated heterocycles. The van der Waals surface area contributed by atoms with E-state index in [1.165, 1.54) is 0 Å². The van der Waals surface area contributed by atoms with Crippen molar-refractivity contribution in [3.8, 4) is 0 Å². The average molecular weight is 362 g/mol. The third kappa shape index (κ3) is 5.61. The number of rotatable bonds is 10. The van der Waals surface area contributed by atoms with E-state index < -0.39 is 0 Å². The summed E-state index contributed by atoms with van der Waals surface area (Å²) in [5, 5.41) is 0. The molecule has 0 radical (unpaired) electrons. The van der Waals surface area contributed by atoms with Gasteiger partial charge in [0.05, 0.1) is 13.1 Å². The summed E-state index contributed by atoms with van der Waals surface area (Å²) >= 11 is 0. The van der Waals surface area contributed by atoms with Gasteiger partial charge in [-0.25, -0.2) is 0 Å². The SMILES string of the molecule is CCCCN(CC(=O)N(Cc1cccn1C)CC(C)C)C(=O)C1CCC1. The van der Waals surface area contributed by atoms with E-state index in [1.54, 1.807) is 0 Å². The molecule has 0 atom stereocenters. The van der Waals surface area contributed by atoms with Crippen molar-refractivity contribution < 1.29 is 9.59 Å². The van der Waals surface area contributed by atoms with Gasteiger partial charge in [-0.3, -0.25) is 9.59 Å². The van der Waals surface area contributed by atoms with E-state index in [0.29, 0.717) is 25.6 Å². The lowest BCUT2D eigenvalue weighted by Gasteiger charge is -2.33. The van der Waals surface area contributed by atoms with Gasteiger partial charge in [0.1, 0.15) is 0 Å². The first-order valence-corrected chi connectivity index (χ1v) is 10.1. The third-order valence-electron chi connectivity index (χ3n) is 5.22. The lowest BCUT2D eigenvalue weighted by molar-refractivity contribution is -0.145. The third-order valence-corrected chi connectivity index (χ3v) is 5.22. The van der Waals surface area contributed by atoms with Crippen LogP contribution in [0.4, 0.5) is 0 Å². The summed E-state index contributed by atoms with van der Waals surface area (Å²) in [6, 6.07) is 4.05. The highest BCUT2D eigenvalue weighted by molar-refractivity contribution is 5.86. The van der Waals surface area contributed by atoms with Gasteiger partial charge in [0, 0.05) is 37.9 Å². The minimum Gasteiger partial charge on any atom is -0.353 e. The van der Waals surface area contributed by atoms with Gasteiger partial charge in [-0.05, 0) is 37.3 Å². The first-order valence-electron chi connectivity index (χ1n) is 10.1. The van der Waals surface area contributed by atoms with Crippen LogP contribution in [0.1, 0.15) is 58.6 Å². The van der Waals surface area contributed by atoms with Crippen molar-refractivity contribution in [2.75, 3.05) is 19.6 Å². The van der Waals surface area contributed by atoms with Gasteiger partial charge < -0.3 is 14.4 Å². The zero-order chi connectivity index (χ0) is 19.1. The van der Waals surface area contributed by atoms with Gasteiger partial charge in [-0.2, -0.15) is 0 Å². The van der Waals surface area contributed by atoms with Crippen molar-refractivity contribution in [2.24, 2.45) is 18.9 Å². The minimum absolute atomic E-state index is 0.0590. The molecule has 0 aromatic carbocycles. The molecule has 1 aliphatic carbocycles. The molecule has 1 aliphatic rings. The minimum atomic E-state index is 0.0590. The van der Waals surface area contributed by atoms with Gasteiger partial charge in [-0.15, -0.1) is 0 Å². The van der Waals surface area contributed by atoms with Crippen molar-refractivity contribution in [1.29, 1.82) is 0 Å². The Bertz CT molecular complexity index is 590. The number of carbonyl (C=O) groups is 2. The molecule has 2 amide bonds. The number of nitrogens with zero attached hydrogens (tertiary/aromatic N) is 3. The van der Waals surface area contributed by atoms with Crippen LogP contribution in [0.3, 0.4) is 0 Å². The molecule has 1 aromatic heterocycles. The number of aromatic nitrogens is 1. The highest BCUT2D eigenvalue weighted by atomic mass is 16.2. The fourth-order valence-electron chi connectivity index (χ4n) is 3.34. The number of hydrogen-bond donors (Lipinski definition) is 0. The van der Waals surface area contributed by atoms with E-state index in [0.717, 1.165) is 37.8 Å². The van der Waals surface area contributed by atoms with Crippen LogP contribution in [0.5, 0.6) is 0 Å². The molecule has 1 heterocycles. The second kappa shape index (κ2) is 9.79. The fourth-order valence-corrected chi connectivity index (χ4v) is 3.34. The van der Waals surface area contributed by atoms with E-state index in [9.17, 15) is 9.59 Å². The summed E-state index contributed by atoms with van der Waals surface area (Å²) in [5.74, 6) is 0.779. The standard InChI is InChI=1S/C21H35N3O2/c1-5-6-13-23(21(26)18-9-7-10-18)16-20(25)24(14-17(2)3)15-19-11-8-12-22(19)4/h8,11-12,17-18H,5-7,9-10,13-16H2,1-4H3. The first-order chi connectivity index (χ1) is 12.4. The zero-order valence-corrected chi connectivity index (χ0v) is 16.9. The molecule has 1 aromatic rings. The maximum atomic E-state index is 13.0. The molecular weight excluding hydrogens is 326 g/mol. The van der Waals surface area contributed by atoms with Gasteiger partial charge in [0.2, 0.25) is 11.8 Å². The van der Waals surface area contributed by atoms with Crippen molar-refractivity contribution in [1.82, 2.24) is 14.4 Å². The van der Waals surface area contributed by atoms with Crippen molar-refractivity contribution in [3.05, 3.63) is 24.0 Å². The summed E-state index contributed by atoms with van der Waals surface area (Å²) in [5.41, 5.74) is 1.12. The van der Waals surface area contributed by atoms with Gasteiger partial charge >= 0.3 is 0 Å². The number of aryl methyl sites for hydroxylation is 1. The monoisotopic (exact) mass is 361 g/mol. The molecule has 26 heavy (non-hydrogen) atoms. The number of amides is 2. The molecule has 5 nitrogen and oxygen atoms in total. The second-order valence-electron chi connectivity index (χ2n) is 8.02. The normalized spacial score (nSPS) is 14.3. The summed E-state index contributed by atoms with van der Waals surface area (Å²) in [6.07, 6.45) is 7.08. The molecule has 0 aliphatic heterocycles. The van der Waals surface area contributed by atoms with Gasteiger partial charge in [0.15, 0.2) is 0 Å². The van der Waals surface area contributed by atoms with Crippen LogP contribution >= 0.6 is 0 Å². The summed E-state index contributed by atoms with van der Waals surface area (Å²) in [7, 11) is 2.00. The Labute approximate surface area is 158 Å². The fraction of sp³-hybridized carbons (Fsp3) is 0.714. The quantitative estimate of drug-likeness (QED) is 0.641. The Morgan fingerprint density at radius 2 is 2.00 bits per heavy atom. The lowest BCUT2D eigenvalue weighted by Crippen LogP contribution is -2.47. The Hall–Kier alpha value is -1.78. The van der Waals surface area contributed by atoms with E-state index in [-0.39, 0.29) is 24.3 Å². The highest BCUT2D eigenvalue weighted by Crippen LogP contribution is 2.28. The molecule has 0 unspecified atom stereocenters. The molecule has 0 bridgehead atoms. The van der Waals surface area contributed by atoms with Crippen LogP contribution in [0.15, 0.2) is 18.3 Å².